The van der Waals surface area contributed by atoms with E-state index in [4.69, 9.17) is 9.15 Å². The Morgan fingerprint density at radius 1 is 1.09 bits per heavy atom. The summed E-state index contributed by atoms with van der Waals surface area (Å²) in [4.78, 5) is 13.1. The van der Waals surface area contributed by atoms with Crippen molar-refractivity contribution < 1.29 is 9.15 Å². The lowest BCUT2D eigenvalue weighted by Gasteiger charge is -2.09. The largest absolute Gasteiger partial charge is 0.497 e. The van der Waals surface area contributed by atoms with Crippen LogP contribution in [0.25, 0.3) is 11.0 Å². The molecular weight excluding hydrogens is 308 g/mol. The lowest BCUT2D eigenvalue weighted by atomic mass is 10.1. The van der Waals surface area contributed by atoms with Gasteiger partial charge in [-0.15, -0.1) is 11.8 Å². The number of fused-ring (bicyclic) bond motifs is 1. The third-order valence-corrected chi connectivity index (χ3v) is 4.97. The van der Waals surface area contributed by atoms with E-state index >= 15 is 0 Å². The second-order valence-electron chi connectivity index (χ2n) is 5.51. The molecule has 0 aliphatic carbocycles. The summed E-state index contributed by atoms with van der Waals surface area (Å²) in [6, 6.07) is 13.6. The van der Waals surface area contributed by atoms with Gasteiger partial charge >= 0.3 is 5.63 Å². The van der Waals surface area contributed by atoms with Crippen molar-refractivity contribution in [3.8, 4) is 5.75 Å². The first-order valence-electron chi connectivity index (χ1n) is 7.37. The summed E-state index contributed by atoms with van der Waals surface area (Å²) < 4.78 is 10.5. The SMILES string of the molecule is COc1ccc2c(CSc3cc(C)ccc3C)cc(=O)oc2c1. The Hall–Kier alpha value is -2.20. The Kier molecular flexibility index (Phi) is 4.44. The van der Waals surface area contributed by atoms with Crippen LogP contribution in [0, 0.1) is 13.8 Å². The molecule has 3 aromatic rings. The van der Waals surface area contributed by atoms with Gasteiger partial charge in [0.1, 0.15) is 11.3 Å². The van der Waals surface area contributed by atoms with Crippen LogP contribution in [0.1, 0.15) is 16.7 Å². The van der Waals surface area contributed by atoms with Crippen molar-refractivity contribution >= 4 is 22.7 Å². The Bertz CT molecular complexity index is 912. The lowest BCUT2D eigenvalue weighted by Crippen LogP contribution is -2.00. The van der Waals surface area contributed by atoms with Crippen LogP contribution in [0.5, 0.6) is 5.75 Å². The van der Waals surface area contributed by atoms with Gasteiger partial charge in [0.05, 0.1) is 7.11 Å². The Labute approximate surface area is 139 Å². The molecule has 0 bridgehead atoms. The molecule has 3 nitrogen and oxygen atoms in total. The third-order valence-electron chi connectivity index (χ3n) is 3.76. The molecule has 1 heterocycles. The van der Waals surface area contributed by atoms with Crippen LogP contribution in [0.3, 0.4) is 0 Å². The van der Waals surface area contributed by atoms with E-state index in [-0.39, 0.29) is 5.63 Å². The van der Waals surface area contributed by atoms with Crippen LogP contribution in [0.4, 0.5) is 0 Å². The third kappa shape index (κ3) is 3.42. The molecule has 0 N–H and O–H groups in total. The molecule has 0 spiro atoms. The smallest absolute Gasteiger partial charge is 0.336 e. The molecule has 0 unspecified atom stereocenters. The highest BCUT2D eigenvalue weighted by atomic mass is 32.2. The molecule has 0 saturated carbocycles. The number of hydrogen-bond acceptors (Lipinski definition) is 4. The Morgan fingerprint density at radius 2 is 1.91 bits per heavy atom. The van der Waals surface area contributed by atoms with E-state index in [1.54, 1.807) is 31.0 Å². The molecule has 0 aliphatic rings. The number of benzene rings is 2. The first kappa shape index (κ1) is 15.7. The average Bonchev–Trinajstić information content (AvgIpc) is 2.54. The average molecular weight is 326 g/mol. The van der Waals surface area contributed by atoms with Gasteiger partial charge in [-0.1, -0.05) is 17.7 Å². The molecule has 2 aromatic carbocycles. The molecule has 0 saturated heterocycles. The fraction of sp³-hybridized carbons (Fsp3) is 0.211. The normalized spacial score (nSPS) is 10.9. The van der Waals surface area contributed by atoms with Gasteiger partial charge in [-0.3, -0.25) is 0 Å². The highest BCUT2D eigenvalue weighted by molar-refractivity contribution is 7.98. The lowest BCUT2D eigenvalue weighted by molar-refractivity contribution is 0.414. The van der Waals surface area contributed by atoms with Crippen LogP contribution in [-0.2, 0) is 5.75 Å². The zero-order valence-electron chi connectivity index (χ0n) is 13.4. The van der Waals surface area contributed by atoms with Crippen molar-refractivity contribution in [2.24, 2.45) is 0 Å². The molecule has 0 radical (unpaired) electrons. The minimum Gasteiger partial charge on any atom is -0.497 e. The van der Waals surface area contributed by atoms with Crippen LogP contribution >= 0.6 is 11.8 Å². The minimum absolute atomic E-state index is 0.331. The van der Waals surface area contributed by atoms with Crippen molar-refractivity contribution in [1.29, 1.82) is 0 Å². The number of ether oxygens (including phenoxy) is 1. The monoisotopic (exact) mass is 326 g/mol. The molecular formula is C19H18O3S. The van der Waals surface area contributed by atoms with E-state index < -0.39 is 0 Å². The van der Waals surface area contributed by atoms with Crippen molar-refractivity contribution in [3.63, 3.8) is 0 Å². The van der Waals surface area contributed by atoms with E-state index in [1.165, 1.54) is 16.0 Å². The fourth-order valence-electron chi connectivity index (χ4n) is 2.47. The predicted molar refractivity (Wildman–Crippen MR) is 94.5 cm³/mol. The standard InChI is InChI=1S/C19H18O3S/c1-12-4-5-13(2)18(8-12)23-11-14-9-19(20)22-17-10-15(21-3)6-7-16(14)17/h4-10H,11H2,1-3H3. The van der Waals surface area contributed by atoms with Crippen molar-refractivity contribution in [1.82, 2.24) is 0 Å². The molecule has 0 amide bonds. The van der Waals surface area contributed by atoms with Crippen LogP contribution in [-0.4, -0.2) is 7.11 Å². The van der Waals surface area contributed by atoms with Gasteiger partial charge in [0.2, 0.25) is 0 Å². The van der Waals surface area contributed by atoms with Crippen LogP contribution in [0.2, 0.25) is 0 Å². The van der Waals surface area contributed by atoms with E-state index in [9.17, 15) is 4.79 Å². The second kappa shape index (κ2) is 6.50. The summed E-state index contributed by atoms with van der Waals surface area (Å²) in [7, 11) is 1.60. The maximum atomic E-state index is 11.8. The van der Waals surface area contributed by atoms with Gasteiger partial charge in [0.25, 0.3) is 0 Å². The summed E-state index contributed by atoms with van der Waals surface area (Å²) >= 11 is 1.74. The predicted octanol–water partition coefficient (Wildman–Crippen LogP) is 4.71. The molecule has 3 rings (SSSR count). The summed E-state index contributed by atoms with van der Waals surface area (Å²) in [5, 5.41) is 0.947. The van der Waals surface area contributed by atoms with Crippen molar-refractivity contribution in [2.45, 2.75) is 24.5 Å². The van der Waals surface area contributed by atoms with Crippen molar-refractivity contribution in [3.05, 3.63) is 69.6 Å². The maximum Gasteiger partial charge on any atom is 0.336 e. The topological polar surface area (TPSA) is 39.4 Å². The molecule has 0 atom stereocenters. The number of thioether (sulfide) groups is 1. The van der Waals surface area contributed by atoms with Gasteiger partial charge in [-0.2, -0.15) is 0 Å². The number of methoxy groups -OCH3 is 1. The molecule has 0 fully saturated rings. The summed E-state index contributed by atoms with van der Waals surface area (Å²) in [6.07, 6.45) is 0. The first-order chi connectivity index (χ1) is 11.1. The second-order valence-corrected chi connectivity index (χ2v) is 6.53. The summed E-state index contributed by atoms with van der Waals surface area (Å²) in [6.45, 7) is 4.19. The molecule has 118 valence electrons. The van der Waals surface area contributed by atoms with E-state index in [0.717, 1.165) is 16.7 Å². The molecule has 1 aromatic heterocycles. The quantitative estimate of drug-likeness (QED) is 0.514. The minimum atomic E-state index is -0.331. The number of aryl methyl sites for hydroxylation is 2. The first-order valence-corrected chi connectivity index (χ1v) is 8.36. The molecule has 23 heavy (non-hydrogen) atoms. The number of rotatable bonds is 4. The zero-order chi connectivity index (χ0) is 16.4. The van der Waals surface area contributed by atoms with Crippen LogP contribution in [0.15, 0.2) is 56.6 Å². The van der Waals surface area contributed by atoms with Gasteiger partial charge < -0.3 is 9.15 Å². The van der Waals surface area contributed by atoms with Gasteiger partial charge in [-0.25, -0.2) is 4.79 Å². The van der Waals surface area contributed by atoms with Gasteiger partial charge in [-0.05, 0) is 43.2 Å². The van der Waals surface area contributed by atoms with Crippen LogP contribution < -0.4 is 10.4 Å². The zero-order valence-corrected chi connectivity index (χ0v) is 14.2. The summed E-state index contributed by atoms with van der Waals surface area (Å²) in [5.41, 5.74) is 3.69. The highest BCUT2D eigenvalue weighted by Crippen LogP contribution is 2.30. The number of hydrogen-bond donors (Lipinski definition) is 0. The van der Waals surface area contributed by atoms with Gasteiger partial charge in [0, 0.05) is 28.2 Å². The highest BCUT2D eigenvalue weighted by Gasteiger charge is 2.08. The van der Waals surface area contributed by atoms with E-state index in [2.05, 4.69) is 32.0 Å². The molecule has 0 aliphatic heterocycles. The van der Waals surface area contributed by atoms with Crippen molar-refractivity contribution in [2.75, 3.05) is 7.11 Å². The van der Waals surface area contributed by atoms with E-state index in [1.807, 2.05) is 12.1 Å². The Morgan fingerprint density at radius 3 is 2.70 bits per heavy atom. The van der Waals surface area contributed by atoms with Gasteiger partial charge in [0.15, 0.2) is 0 Å². The summed E-state index contributed by atoms with van der Waals surface area (Å²) in [5.74, 6) is 1.40. The molecule has 4 heteroatoms. The Balaban J connectivity index is 1.96. The fourth-order valence-corrected chi connectivity index (χ4v) is 3.59. The maximum absolute atomic E-state index is 11.8. The van der Waals surface area contributed by atoms with E-state index in [0.29, 0.717) is 11.3 Å².